The van der Waals surface area contributed by atoms with Gasteiger partial charge in [-0.05, 0) is 55.0 Å². The van der Waals surface area contributed by atoms with Crippen molar-refractivity contribution in [2.24, 2.45) is 0 Å². The zero-order chi connectivity index (χ0) is 18.0. The Morgan fingerprint density at radius 3 is 2.60 bits per heavy atom. The van der Waals surface area contributed by atoms with Gasteiger partial charge in [0.05, 0.1) is 12.7 Å². The van der Waals surface area contributed by atoms with Crippen LogP contribution in [0.25, 0.3) is 0 Å². The molecular weight excluding hydrogens is 330 g/mol. The molecule has 0 amide bonds. The van der Waals surface area contributed by atoms with Gasteiger partial charge in [-0.3, -0.25) is 0 Å². The molecule has 6 heteroatoms. The summed E-state index contributed by atoms with van der Waals surface area (Å²) in [6, 6.07) is 7.19. The van der Waals surface area contributed by atoms with Gasteiger partial charge in [-0.1, -0.05) is 6.07 Å². The number of ether oxygens (including phenoxy) is 3. The molecule has 132 valence electrons. The largest absolute Gasteiger partial charge is 0.513 e. The molecule has 3 rings (SSSR count). The maximum absolute atomic E-state index is 14.1. The summed E-state index contributed by atoms with van der Waals surface area (Å²) in [5, 5.41) is 0. The van der Waals surface area contributed by atoms with E-state index in [9.17, 15) is 13.6 Å². The standard InChI is InChI=1S/C19H18F2O4/c1-11-8-13(12-6-7-12)18(9-16(11)21)24-10-14-15(20)4-3-5-17(14)25-19(22)23-2/h3-5,8-9,12H,6-7,10H2,1-2H3. The minimum Gasteiger partial charge on any atom is -0.488 e. The monoisotopic (exact) mass is 348 g/mol. The summed E-state index contributed by atoms with van der Waals surface area (Å²) in [7, 11) is 1.16. The molecule has 25 heavy (non-hydrogen) atoms. The number of rotatable bonds is 5. The third-order valence-electron chi connectivity index (χ3n) is 4.12. The molecule has 0 bridgehead atoms. The molecule has 1 aliphatic carbocycles. The quantitative estimate of drug-likeness (QED) is 0.571. The molecule has 0 heterocycles. The third kappa shape index (κ3) is 3.90. The second kappa shape index (κ2) is 7.09. The Labute approximate surface area is 144 Å². The van der Waals surface area contributed by atoms with E-state index in [0.717, 1.165) is 25.5 Å². The lowest BCUT2D eigenvalue weighted by Crippen LogP contribution is -2.11. The van der Waals surface area contributed by atoms with Gasteiger partial charge >= 0.3 is 6.16 Å². The van der Waals surface area contributed by atoms with Gasteiger partial charge in [-0.15, -0.1) is 0 Å². The highest BCUT2D eigenvalue weighted by Gasteiger charge is 2.28. The van der Waals surface area contributed by atoms with Crippen LogP contribution in [0.5, 0.6) is 11.5 Å². The summed E-state index contributed by atoms with van der Waals surface area (Å²) >= 11 is 0. The molecule has 4 nitrogen and oxygen atoms in total. The minimum absolute atomic E-state index is 0.00686. The van der Waals surface area contributed by atoms with Gasteiger partial charge in [0.25, 0.3) is 0 Å². The lowest BCUT2D eigenvalue weighted by molar-refractivity contribution is 0.120. The average Bonchev–Trinajstić information content (AvgIpc) is 3.42. The van der Waals surface area contributed by atoms with Gasteiger partial charge in [-0.2, -0.15) is 0 Å². The van der Waals surface area contributed by atoms with Gasteiger partial charge < -0.3 is 14.2 Å². The third-order valence-corrected chi connectivity index (χ3v) is 4.12. The lowest BCUT2D eigenvalue weighted by Gasteiger charge is -2.15. The van der Waals surface area contributed by atoms with E-state index in [2.05, 4.69) is 4.74 Å². The van der Waals surface area contributed by atoms with E-state index in [0.29, 0.717) is 17.2 Å². The Morgan fingerprint density at radius 2 is 1.92 bits per heavy atom. The molecule has 0 N–H and O–H groups in total. The molecule has 2 aromatic carbocycles. The van der Waals surface area contributed by atoms with Crippen LogP contribution in [-0.2, 0) is 11.3 Å². The van der Waals surface area contributed by atoms with Crippen molar-refractivity contribution in [3.63, 3.8) is 0 Å². The van der Waals surface area contributed by atoms with E-state index < -0.39 is 12.0 Å². The summed E-state index contributed by atoms with van der Waals surface area (Å²) < 4.78 is 43.1. The molecule has 1 saturated carbocycles. The van der Waals surface area contributed by atoms with Crippen molar-refractivity contribution in [1.29, 1.82) is 0 Å². The first kappa shape index (κ1) is 17.2. The molecular formula is C19H18F2O4. The Kier molecular flexibility index (Phi) is 4.88. The number of carbonyl (C=O) groups excluding carboxylic acids is 1. The Hall–Kier alpha value is -2.63. The second-order valence-corrected chi connectivity index (χ2v) is 5.97. The number of methoxy groups -OCH3 is 1. The molecule has 0 radical (unpaired) electrons. The molecule has 0 aromatic heterocycles. The zero-order valence-corrected chi connectivity index (χ0v) is 14.0. The number of hydrogen-bond donors (Lipinski definition) is 0. The van der Waals surface area contributed by atoms with Crippen LogP contribution in [0, 0.1) is 18.6 Å². The zero-order valence-electron chi connectivity index (χ0n) is 14.0. The Balaban J connectivity index is 1.85. The van der Waals surface area contributed by atoms with Crippen LogP contribution in [-0.4, -0.2) is 13.3 Å². The lowest BCUT2D eigenvalue weighted by atomic mass is 10.1. The molecule has 1 aliphatic rings. The molecule has 0 atom stereocenters. The summed E-state index contributed by atoms with van der Waals surface area (Å²) in [6.07, 6.45) is 1.10. The Morgan fingerprint density at radius 1 is 1.16 bits per heavy atom. The summed E-state index contributed by atoms with van der Waals surface area (Å²) in [4.78, 5) is 11.3. The van der Waals surface area contributed by atoms with Gasteiger partial charge in [-0.25, -0.2) is 13.6 Å². The van der Waals surface area contributed by atoms with Crippen LogP contribution in [0.2, 0.25) is 0 Å². The van der Waals surface area contributed by atoms with Crippen LogP contribution < -0.4 is 9.47 Å². The van der Waals surface area contributed by atoms with Crippen molar-refractivity contribution in [3.05, 3.63) is 58.7 Å². The fraction of sp³-hybridized carbons (Fsp3) is 0.316. The van der Waals surface area contributed by atoms with E-state index >= 15 is 0 Å². The van der Waals surface area contributed by atoms with Crippen molar-refractivity contribution < 1.29 is 27.8 Å². The number of halogens is 2. The smallest absolute Gasteiger partial charge is 0.488 e. The topological polar surface area (TPSA) is 44.8 Å². The normalized spacial score (nSPS) is 13.4. The SMILES string of the molecule is COC(=O)Oc1cccc(F)c1COc1cc(F)c(C)cc1C1CC1. The fourth-order valence-electron chi connectivity index (χ4n) is 2.58. The van der Waals surface area contributed by atoms with Crippen molar-refractivity contribution >= 4 is 6.16 Å². The van der Waals surface area contributed by atoms with Crippen LogP contribution in [0.3, 0.4) is 0 Å². The van der Waals surface area contributed by atoms with Crippen molar-refractivity contribution in [3.8, 4) is 11.5 Å². The van der Waals surface area contributed by atoms with E-state index in [1.165, 1.54) is 24.3 Å². The van der Waals surface area contributed by atoms with Crippen LogP contribution >= 0.6 is 0 Å². The highest BCUT2D eigenvalue weighted by Crippen LogP contribution is 2.45. The predicted molar refractivity (Wildman–Crippen MR) is 86.9 cm³/mol. The molecule has 0 saturated heterocycles. The first-order chi connectivity index (χ1) is 12.0. The molecule has 0 spiro atoms. The van der Waals surface area contributed by atoms with Gasteiger partial charge in [0.15, 0.2) is 0 Å². The number of hydrogen-bond acceptors (Lipinski definition) is 4. The minimum atomic E-state index is -0.952. The van der Waals surface area contributed by atoms with Crippen LogP contribution in [0.4, 0.5) is 13.6 Å². The van der Waals surface area contributed by atoms with Crippen molar-refractivity contribution in [2.75, 3.05) is 7.11 Å². The molecule has 2 aromatic rings. The first-order valence-electron chi connectivity index (χ1n) is 7.95. The highest BCUT2D eigenvalue weighted by atomic mass is 19.1. The second-order valence-electron chi connectivity index (χ2n) is 5.97. The first-order valence-corrected chi connectivity index (χ1v) is 7.95. The highest BCUT2D eigenvalue weighted by molar-refractivity contribution is 5.64. The van der Waals surface area contributed by atoms with Crippen LogP contribution in [0.15, 0.2) is 30.3 Å². The van der Waals surface area contributed by atoms with Crippen LogP contribution in [0.1, 0.15) is 35.4 Å². The number of benzene rings is 2. The molecule has 1 fully saturated rings. The number of aryl methyl sites for hydroxylation is 1. The van der Waals surface area contributed by atoms with Gasteiger partial charge in [0.2, 0.25) is 0 Å². The molecule has 0 aliphatic heterocycles. The van der Waals surface area contributed by atoms with Crippen molar-refractivity contribution in [2.45, 2.75) is 32.3 Å². The molecule has 0 unspecified atom stereocenters. The number of carbonyl (C=O) groups is 1. The average molecular weight is 348 g/mol. The fourth-order valence-corrected chi connectivity index (χ4v) is 2.58. The van der Waals surface area contributed by atoms with E-state index in [1.807, 2.05) is 0 Å². The van der Waals surface area contributed by atoms with Gasteiger partial charge in [0.1, 0.15) is 29.7 Å². The Bertz CT molecular complexity index is 800. The summed E-state index contributed by atoms with van der Waals surface area (Å²) in [6.45, 7) is 1.51. The maximum atomic E-state index is 14.1. The van der Waals surface area contributed by atoms with Gasteiger partial charge in [0, 0.05) is 6.07 Å². The van der Waals surface area contributed by atoms with E-state index in [-0.39, 0.29) is 23.7 Å². The summed E-state index contributed by atoms with van der Waals surface area (Å²) in [5.74, 6) is -0.216. The maximum Gasteiger partial charge on any atom is 0.513 e. The predicted octanol–water partition coefficient (Wildman–Crippen LogP) is 4.87. The van der Waals surface area contributed by atoms with Crippen molar-refractivity contribution in [1.82, 2.24) is 0 Å². The van der Waals surface area contributed by atoms with E-state index in [4.69, 9.17) is 9.47 Å². The van der Waals surface area contributed by atoms with E-state index in [1.54, 1.807) is 13.0 Å². The summed E-state index contributed by atoms with van der Waals surface area (Å²) in [5.41, 5.74) is 1.54.